The van der Waals surface area contributed by atoms with Crippen LogP contribution in [0.15, 0.2) is 79.0 Å². The Morgan fingerprint density at radius 1 is 0.906 bits per heavy atom. The number of benzene rings is 2. The van der Waals surface area contributed by atoms with E-state index >= 15 is 0 Å². The minimum absolute atomic E-state index is 0.138. The minimum atomic E-state index is -4.49. The van der Waals surface area contributed by atoms with Crippen LogP contribution in [0.4, 0.5) is 13.2 Å². The molecule has 1 unspecified atom stereocenters. The van der Waals surface area contributed by atoms with Gasteiger partial charge in [-0.25, -0.2) is 0 Å². The number of amides is 1. The Morgan fingerprint density at radius 3 is 2.25 bits per heavy atom. The van der Waals surface area contributed by atoms with Gasteiger partial charge in [-0.05, 0) is 48.2 Å². The Kier molecular flexibility index (Phi) is 6.31. The molecule has 166 valence electrons. The van der Waals surface area contributed by atoms with E-state index in [0.717, 1.165) is 43.4 Å². The average Bonchev–Trinajstić information content (AvgIpc) is 3.35. The van der Waals surface area contributed by atoms with E-state index in [0.29, 0.717) is 11.3 Å². The van der Waals surface area contributed by atoms with Gasteiger partial charge in [-0.2, -0.15) is 13.2 Å². The summed E-state index contributed by atoms with van der Waals surface area (Å²) in [7, 11) is 0. The first kappa shape index (κ1) is 22.1. The van der Waals surface area contributed by atoms with Crippen LogP contribution in [0.1, 0.15) is 48.1 Å². The first-order chi connectivity index (χ1) is 15.4. The van der Waals surface area contributed by atoms with Crippen molar-refractivity contribution in [2.75, 3.05) is 0 Å². The molecule has 1 aliphatic rings. The van der Waals surface area contributed by atoms with Gasteiger partial charge in [0.2, 0.25) is 5.91 Å². The van der Waals surface area contributed by atoms with Gasteiger partial charge in [0, 0.05) is 18.5 Å². The fourth-order valence-corrected chi connectivity index (χ4v) is 4.50. The molecule has 1 saturated carbocycles. The lowest BCUT2D eigenvalue weighted by atomic mass is 9.79. The summed E-state index contributed by atoms with van der Waals surface area (Å²) >= 11 is 0. The molecule has 1 aliphatic carbocycles. The van der Waals surface area contributed by atoms with Crippen molar-refractivity contribution in [3.05, 3.63) is 101 Å². The third-order valence-corrected chi connectivity index (χ3v) is 6.16. The predicted molar refractivity (Wildman–Crippen MR) is 117 cm³/mol. The molecular weight excluding hydrogens is 413 g/mol. The largest absolute Gasteiger partial charge is 0.416 e. The summed E-state index contributed by atoms with van der Waals surface area (Å²) in [4.78, 5) is 17.8. The fourth-order valence-electron chi connectivity index (χ4n) is 4.50. The molecule has 1 N–H and O–H groups in total. The lowest BCUT2D eigenvalue weighted by molar-refractivity contribution is -0.137. The second kappa shape index (κ2) is 9.15. The Hall–Kier alpha value is -3.15. The Bertz CT molecular complexity index is 1050. The summed E-state index contributed by atoms with van der Waals surface area (Å²) < 4.78 is 40.8. The molecule has 0 aliphatic heterocycles. The topological polar surface area (TPSA) is 42.0 Å². The monoisotopic (exact) mass is 438 g/mol. The maximum Gasteiger partial charge on any atom is 0.416 e. The number of nitrogens with one attached hydrogen (secondary N) is 1. The van der Waals surface area contributed by atoms with Gasteiger partial charge in [0.05, 0.1) is 11.3 Å². The fraction of sp³-hybridized carbons (Fsp3) is 0.308. The van der Waals surface area contributed by atoms with Gasteiger partial charge in [0.1, 0.15) is 5.54 Å². The van der Waals surface area contributed by atoms with Crippen LogP contribution in [0.3, 0.4) is 0 Å². The first-order valence-electron chi connectivity index (χ1n) is 10.8. The number of halogens is 3. The van der Waals surface area contributed by atoms with Crippen LogP contribution in [-0.4, -0.2) is 10.9 Å². The lowest BCUT2D eigenvalue weighted by Gasteiger charge is -2.36. The van der Waals surface area contributed by atoms with Crippen LogP contribution in [0, 0.1) is 5.92 Å². The number of carbonyl (C=O) groups excluding carboxylic acids is 1. The van der Waals surface area contributed by atoms with E-state index in [2.05, 4.69) is 10.3 Å². The number of rotatable bonds is 6. The van der Waals surface area contributed by atoms with Gasteiger partial charge in [0.25, 0.3) is 0 Å². The summed E-state index contributed by atoms with van der Waals surface area (Å²) in [5.41, 5.74) is -0.222. The van der Waals surface area contributed by atoms with Crippen molar-refractivity contribution in [2.24, 2.45) is 5.92 Å². The number of aromatic nitrogens is 1. The van der Waals surface area contributed by atoms with E-state index in [9.17, 15) is 18.0 Å². The molecule has 0 spiro atoms. The van der Waals surface area contributed by atoms with E-state index in [1.807, 2.05) is 30.3 Å². The smallest absolute Gasteiger partial charge is 0.340 e. The Labute approximate surface area is 185 Å². The normalized spacial score (nSPS) is 16.5. The summed E-state index contributed by atoms with van der Waals surface area (Å²) in [5, 5.41) is 3.16. The number of alkyl halides is 3. The average molecular weight is 438 g/mol. The molecule has 3 aromatic rings. The van der Waals surface area contributed by atoms with Crippen molar-refractivity contribution in [3.63, 3.8) is 0 Å². The third-order valence-electron chi connectivity index (χ3n) is 6.16. The van der Waals surface area contributed by atoms with Gasteiger partial charge in [-0.15, -0.1) is 0 Å². The molecule has 0 bridgehead atoms. The standard InChI is InChI=1S/C26H25F3N2O/c27-26(28,29)22-14-8-13-21(17-22)25(23-15-6-7-16-30-23,18-19-9-2-1-3-10-19)31-24(32)20-11-4-5-12-20/h1-3,6-10,13-17,20H,4-5,11-12,18H2,(H,31,32). The predicted octanol–water partition coefficient (Wildman–Crippen LogP) is 5.89. The zero-order valence-electron chi connectivity index (χ0n) is 17.6. The van der Waals surface area contributed by atoms with Crippen LogP contribution in [-0.2, 0) is 22.9 Å². The maximum absolute atomic E-state index is 13.6. The van der Waals surface area contributed by atoms with Crippen LogP contribution < -0.4 is 5.32 Å². The maximum atomic E-state index is 13.6. The molecule has 4 rings (SSSR count). The summed E-state index contributed by atoms with van der Waals surface area (Å²) in [6.45, 7) is 0. The van der Waals surface area contributed by atoms with Crippen molar-refractivity contribution < 1.29 is 18.0 Å². The van der Waals surface area contributed by atoms with Crippen molar-refractivity contribution in [2.45, 2.75) is 43.8 Å². The highest BCUT2D eigenvalue weighted by Gasteiger charge is 2.41. The van der Waals surface area contributed by atoms with Gasteiger partial charge >= 0.3 is 6.18 Å². The highest BCUT2D eigenvalue weighted by molar-refractivity contribution is 5.80. The number of pyridine rings is 1. The quantitative estimate of drug-likeness (QED) is 0.521. The molecule has 3 nitrogen and oxygen atoms in total. The van der Waals surface area contributed by atoms with Crippen molar-refractivity contribution >= 4 is 5.91 Å². The lowest BCUT2D eigenvalue weighted by Crippen LogP contribution is -2.50. The zero-order valence-corrected chi connectivity index (χ0v) is 17.6. The Morgan fingerprint density at radius 2 is 1.59 bits per heavy atom. The van der Waals surface area contributed by atoms with Gasteiger partial charge in [-0.3, -0.25) is 9.78 Å². The second-order valence-corrected chi connectivity index (χ2v) is 8.33. The summed E-state index contributed by atoms with van der Waals surface area (Å²) in [6, 6.07) is 20.0. The van der Waals surface area contributed by atoms with Gasteiger partial charge < -0.3 is 5.32 Å². The highest BCUT2D eigenvalue weighted by atomic mass is 19.4. The van der Waals surface area contributed by atoms with E-state index < -0.39 is 17.3 Å². The van der Waals surface area contributed by atoms with E-state index in [1.165, 1.54) is 6.07 Å². The molecular formula is C26H25F3N2O. The van der Waals surface area contributed by atoms with Crippen LogP contribution >= 0.6 is 0 Å². The summed E-state index contributed by atoms with van der Waals surface area (Å²) in [6.07, 6.45) is 0.938. The number of hydrogen-bond acceptors (Lipinski definition) is 2. The Balaban J connectivity index is 1.88. The second-order valence-electron chi connectivity index (χ2n) is 8.33. The number of nitrogens with zero attached hydrogens (tertiary/aromatic N) is 1. The molecule has 1 amide bonds. The third kappa shape index (κ3) is 4.69. The molecule has 6 heteroatoms. The van der Waals surface area contributed by atoms with Gasteiger partial charge in [-0.1, -0.05) is 61.4 Å². The van der Waals surface area contributed by atoms with Crippen molar-refractivity contribution in [3.8, 4) is 0 Å². The zero-order chi connectivity index (χ0) is 22.6. The van der Waals surface area contributed by atoms with Crippen LogP contribution in [0.5, 0.6) is 0 Å². The van der Waals surface area contributed by atoms with Crippen LogP contribution in [0.2, 0.25) is 0 Å². The van der Waals surface area contributed by atoms with Gasteiger partial charge in [0.15, 0.2) is 0 Å². The van der Waals surface area contributed by atoms with Crippen molar-refractivity contribution in [1.82, 2.24) is 10.3 Å². The van der Waals surface area contributed by atoms with E-state index in [4.69, 9.17) is 0 Å². The molecule has 2 aromatic carbocycles. The molecule has 1 atom stereocenters. The minimum Gasteiger partial charge on any atom is -0.340 e. The molecule has 0 radical (unpaired) electrons. The molecule has 1 fully saturated rings. The van der Waals surface area contributed by atoms with Crippen molar-refractivity contribution in [1.29, 1.82) is 0 Å². The summed E-state index contributed by atoms with van der Waals surface area (Å²) in [5.74, 6) is -0.277. The molecule has 1 aromatic heterocycles. The SMILES string of the molecule is O=C(NC(Cc1ccccc1)(c1cccc(C(F)(F)F)c1)c1ccccn1)C1CCCC1. The number of hydrogen-bond donors (Lipinski definition) is 1. The molecule has 32 heavy (non-hydrogen) atoms. The molecule has 0 saturated heterocycles. The van der Waals surface area contributed by atoms with E-state index in [-0.39, 0.29) is 18.2 Å². The first-order valence-corrected chi connectivity index (χ1v) is 10.8. The van der Waals surface area contributed by atoms with Crippen LogP contribution in [0.25, 0.3) is 0 Å². The molecule has 1 heterocycles. The van der Waals surface area contributed by atoms with E-state index in [1.54, 1.807) is 30.5 Å². The number of carbonyl (C=O) groups is 1. The highest BCUT2D eigenvalue weighted by Crippen LogP contribution is 2.37.